The van der Waals surface area contributed by atoms with Crippen LogP contribution in [0.15, 0.2) is 18.2 Å². The van der Waals surface area contributed by atoms with Crippen molar-refractivity contribution in [3.05, 3.63) is 29.6 Å². The van der Waals surface area contributed by atoms with Crippen molar-refractivity contribution in [2.45, 2.75) is 6.54 Å². The molecular formula is C14H20FN3O2. The Morgan fingerprint density at radius 2 is 2.00 bits per heavy atom. The van der Waals surface area contributed by atoms with Crippen LogP contribution in [0.1, 0.15) is 5.56 Å². The maximum absolute atomic E-state index is 13.3. The summed E-state index contributed by atoms with van der Waals surface area (Å²) < 4.78 is 18.7. The highest BCUT2D eigenvalue weighted by Crippen LogP contribution is 2.16. The molecule has 0 saturated carbocycles. The molecule has 6 heteroatoms. The summed E-state index contributed by atoms with van der Waals surface area (Å²) >= 11 is 0. The lowest BCUT2D eigenvalue weighted by Gasteiger charge is -2.32. The smallest absolute Gasteiger partial charge is 0.260 e. The van der Waals surface area contributed by atoms with E-state index in [0.717, 1.165) is 13.1 Å². The largest absolute Gasteiger partial charge is 0.484 e. The van der Waals surface area contributed by atoms with Crippen LogP contribution in [0, 0.1) is 5.82 Å². The maximum Gasteiger partial charge on any atom is 0.260 e. The minimum Gasteiger partial charge on any atom is -0.484 e. The van der Waals surface area contributed by atoms with Crippen molar-refractivity contribution >= 4 is 5.91 Å². The number of hydrogen-bond acceptors (Lipinski definition) is 4. The predicted octanol–water partition coefficient (Wildman–Crippen LogP) is 0.437. The van der Waals surface area contributed by atoms with Crippen LogP contribution >= 0.6 is 0 Å². The average molecular weight is 281 g/mol. The van der Waals surface area contributed by atoms with E-state index < -0.39 is 5.82 Å². The number of amides is 1. The van der Waals surface area contributed by atoms with E-state index >= 15 is 0 Å². The standard InChI is InChI=1S/C14H20FN3O2/c1-17-2-4-18(5-3-17)14(19)10-20-13-7-11(9-16)6-12(15)8-13/h6-8H,2-5,9-10,16H2,1H3. The summed E-state index contributed by atoms with van der Waals surface area (Å²) in [7, 11) is 2.03. The van der Waals surface area contributed by atoms with Gasteiger partial charge in [0.05, 0.1) is 0 Å². The summed E-state index contributed by atoms with van der Waals surface area (Å²) in [5, 5.41) is 0. The first-order valence-corrected chi connectivity index (χ1v) is 6.67. The number of hydrogen-bond donors (Lipinski definition) is 1. The monoisotopic (exact) mass is 281 g/mol. The summed E-state index contributed by atoms with van der Waals surface area (Å²) in [5.41, 5.74) is 6.12. The molecule has 2 N–H and O–H groups in total. The molecule has 0 unspecified atom stereocenters. The van der Waals surface area contributed by atoms with Crippen molar-refractivity contribution in [2.24, 2.45) is 5.73 Å². The van der Waals surface area contributed by atoms with E-state index in [-0.39, 0.29) is 19.1 Å². The number of carbonyl (C=O) groups excluding carboxylic acids is 1. The quantitative estimate of drug-likeness (QED) is 0.870. The normalized spacial score (nSPS) is 16.2. The molecular weight excluding hydrogens is 261 g/mol. The molecule has 110 valence electrons. The number of ether oxygens (including phenoxy) is 1. The van der Waals surface area contributed by atoms with E-state index in [4.69, 9.17) is 10.5 Å². The summed E-state index contributed by atoms with van der Waals surface area (Å²) in [5.74, 6) is -0.139. The van der Waals surface area contributed by atoms with Crippen LogP contribution in [0.5, 0.6) is 5.75 Å². The molecule has 20 heavy (non-hydrogen) atoms. The Bertz CT molecular complexity index is 473. The van der Waals surface area contributed by atoms with Crippen LogP contribution in [0.3, 0.4) is 0 Å². The third kappa shape index (κ3) is 3.91. The first kappa shape index (κ1) is 14.7. The van der Waals surface area contributed by atoms with Gasteiger partial charge in [-0.15, -0.1) is 0 Å². The van der Waals surface area contributed by atoms with Gasteiger partial charge in [-0.1, -0.05) is 0 Å². The minimum atomic E-state index is -0.407. The Morgan fingerprint density at radius 1 is 1.30 bits per heavy atom. The van der Waals surface area contributed by atoms with Crippen LogP contribution in [-0.2, 0) is 11.3 Å². The van der Waals surface area contributed by atoms with Crippen molar-refractivity contribution in [3.63, 3.8) is 0 Å². The van der Waals surface area contributed by atoms with E-state index in [0.29, 0.717) is 24.4 Å². The van der Waals surface area contributed by atoms with E-state index in [2.05, 4.69) is 4.90 Å². The van der Waals surface area contributed by atoms with E-state index in [1.54, 1.807) is 11.0 Å². The number of nitrogens with zero attached hydrogens (tertiary/aromatic N) is 2. The molecule has 0 atom stereocenters. The van der Waals surface area contributed by atoms with Gasteiger partial charge in [0.2, 0.25) is 0 Å². The number of rotatable bonds is 4. The third-order valence-corrected chi connectivity index (χ3v) is 3.39. The molecule has 5 nitrogen and oxygen atoms in total. The second-order valence-electron chi connectivity index (χ2n) is 4.97. The van der Waals surface area contributed by atoms with Crippen LogP contribution in [0.4, 0.5) is 4.39 Å². The molecule has 0 spiro atoms. The Morgan fingerprint density at radius 3 is 2.65 bits per heavy atom. The second kappa shape index (κ2) is 6.67. The Labute approximate surface area is 118 Å². The van der Waals surface area contributed by atoms with Crippen molar-refractivity contribution in [1.29, 1.82) is 0 Å². The maximum atomic E-state index is 13.3. The first-order chi connectivity index (χ1) is 9.58. The lowest BCUT2D eigenvalue weighted by atomic mass is 10.2. The molecule has 1 aliphatic heterocycles. The number of piperazine rings is 1. The van der Waals surface area contributed by atoms with Gasteiger partial charge in [-0.05, 0) is 24.7 Å². The third-order valence-electron chi connectivity index (χ3n) is 3.39. The lowest BCUT2D eigenvalue weighted by molar-refractivity contribution is -0.134. The second-order valence-corrected chi connectivity index (χ2v) is 4.97. The molecule has 1 amide bonds. The van der Waals surface area contributed by atoms with Crippen LogP contribution < -0.4 is 10.5 Å². The highest BCUT2D eigenvalue weighted by atomic mass is 19.1. The zero-order valence-corrected chi connectivity index (χ0v) is 11.6. The Balaban J connectivity index is 1.88. The molecule has 1 saturated heterocycles. The highest BCUT2D eigenvalue weighted by molar-refractivity contribution is 5.77. The lowest BCUT2D eigenvalue weighted by Crippen LogP contribution is -2.48. The van der Waals surface area contributed by atoms with Gasteiger partial charge in [-0.3, -0.25) is 4.79 Å². The van der Waals surface area contributed by atoms with Crippen molar-refractivity contribution < 1.29 is 13.9 Å². The number of nitrogens with two attached hydrogens (primary N) is 1. The van der Waals surface area contributed by atoms with Gasteiger partial charge < -0.3 is 20.3 Å². The van der Waals surface area contributed by atoms with Gasteiger partial charge in [0.1, 0.15) is 11.6 Å². The number of benzene rings is 1. The summed E-state index contributed by atoms with van der Waals surface area (Å²) in [6.45, 7) is 3.30. The molecule has 0 bridgehead atoms. The zero-order chi connectivity index (χ0) is 14.5. The summed E-state index contributed by atoms with van der Waals surface area (Å²) in [6, 6.07) is 4.27. The molecule has 1 heterocycles. The molecule has 0 aliphatic carbocycles. The first-order valence-electron chi connectivity index (χ1n) is 6.67. The topological polar surface area (TPSA) is 58.8 Å². The zero-order valence-electron chi connectivity index (χ0n) is 11.6. The van der Waals surface area contributed by atoms with Gasteiger partial charge in [0, 0.05) is 38.8 Å². The van der Waals surface area contributed by atoms with Gasteiger partial charge in [-0.25, -0.2) is 4.39 Å². The Kier molecular flexibility index (Phi) is 4.92. The van der Waals surface area contributed by atoms with Gasteiger partial charge in [0.25, 0.3) is 5.91 Å². The number of likely N-dealkylation sites (N-methyl/N-ethyl adjacent to an activating group) is 1. The van der Waals surface area contributed by atoms with E-state index in [9.17, 15) is 9.18 Å². The summed E-state index contributed by atoms with van der Waals surface area (Å²) in [6.07, 6.45) is 0. The summed E-state index contributed by atoms with van der Waals surface area (Å²) in [4.78, 5) is 15.9. The molecule has 0 radical (unpaired) electrons. The molecule has 1 aromatic carbocycles. The van der Waals surface area contributed by atoms with Crippen LogP contribution in [0.25, 0.3) is 0 Å². The highest BCUT2D eigenvalue weighted by Gasteiger charge is 2.19. The number of halogens is 1. The van der Waals surface area contributed by atoms with E-state index in [1.807, 2.05) is 7.05 Å². The predicted molar refractivity (Wildman–Crippen MR) is 73.9 cm³/mol. The number of carbonyl (C=O) groups is 1. The molecule has 2 rings (SSSR count). The molecule has 0 aromatic heterocycles. The van der Waals surface area contributed by atoms with Crippen molar-refractivity contribution in [2.75, 3.05) is 39.8 Å². The Hall–Kier alpha value is -1.66. The van der Waals surface area contributed by atoms with Gasteiger partial charge >= 0.3 is 0 Å². The van der Waals surface area contributed by atoms with Crippen LogP contribution in [-0.4, -0.2) is 55.5 Å². The van der Waals surface area contributed by atoms with Crippen molar-refractivity contribution in [3.8, 4) is 5.75 Å². The average Bonchev–Trinajstić information content (AvgIpc) is 2.45. The minimum absolute atomic E-state index is 0.0722. The van der Waals surface area contributed by atoms with E-state index in [1.165, 1.54) is 12.1 Å². The van der Waals surface area contributed by atoms with Gasteiger partial charge in [0.15, 0.2) is 6.61 Å². The fourth-order valence-electron chi connectivity index (χ4n) is 2.11. The molecule has 1 fully saturated rings. The fourth-order valence-corrected chi connectivity index (χ4v) is 2.11. The molecule has 1 aromatic rings. The fraction of sp³-hybridized carbons (Fsp3) is 0.500. The SMILES string of the molecule is CN1CCN(C(=O)COc2cc(F)cc(CN)c2)CC1. The van der Waals surface area contributed by atoms with Crippen LogP contribution in [0.2, 0.25) is 0 Å². The van der Waals surface area contributed by atoms with Gasteiger partial charge in [-0.2, -0.15) is 0 Å². The molecule has 1 aliphatic rings. The van der Waals surface area contributed by atoms with Crippen molar-refractivity contribution in [1.82, 2.24) is 9.80 Å².